The molecule has 1 unspecified atom stereocenters. The van der Waals surface area contributed by atoms with Crippen LogP contribution in [-0.4, -0.2) is 49.8 Å². The first-order valence-corrected chi connectivity index (χ1v) is 7.95. The van der Waals surface area contributed by atoms with Crippen molar-refractivity contribution >= 4 is 5.91 Å². The molecule has 1 atom stereocenters. The highest BCUT2D eigenvalue weighted by molar-refractivity contribution is 5.80. The number of nitrogens with one attached hydrogen (secondary N) is 1. The van der Waals surface area contributed by atoms with E-state index in [9.17, 15) is 4.79 Å². The minimum atomic E-state index is -0.0199. The number of aromatic nitrogens is 4. The Balaban J connectivity index is 1.83. The van der Waals surface area contributed by atoms with Gasteiger partial charge in [0.15, 0.2) is 0 Å². The van der Waals surface area contributed by atoms with E-state index in [1.165, 1.54) is 0 Å². The standard InChI is InChI=1S/C16H24N6O/c1-11-13(12(2)21(4)19-11)9-15(23)22-8-5-17-10-14(22)16-18-6-7-20(16)3/h6-7,14,17H,5,8-10H2,1-4H3. The minimum absolute atomic E-state index is 0.0199. The maximum absolute atomic E-state index is 12.9. The van der Waals surface area contributed by atoms with Gasteiger partial charge in [-0.3, -0.25) is 9.48 Å². The molecule has 1 amide bonds. The number of amides is 1. The van der Waals surface area contributed by atoms with Crippen LogP contribution in [0.15, 0.2) is 12.4 Å². The van der Waals surface area contributed by atoms with Crippen LogP contribution in [0, 0.1) is 13.8 Å². The van der Waals surface area contributed by atoms with Gasteiger partial charge in [0.1, 0.15) is 11.9 Å². The molecule has 1 saturated heterocycles. The van der Waals surface area contributed by atoms with Gasteiger partial charge in [-0.2, -0.15) is 5.10 Å². The van der Waals surface area contributed by atoms with Gasteiger partial charge < -0.3 is 14.8 Å². The molecule has 0 spiro atoms. The molecule has 1 aliphatic heterocycles. The summed E-state index contributed by atoms with van der Waals surface area (Å²) in [6.07, 6.45) is 4.09. The molecule has 0 radical (unpaired) electrons. The van der Waals surface area contributed by atoms with Gasteiger partial charge in [-0.1, -0.05) is 0 Å². The molecule has 7 nitrogen and oxygen atoms in total. The lowest BCUT2D eigenvalue weighted by molar-refractivity contribution is -0.134. The summed E-state index contributed by atoms with van der Waals surface area (Å²) < 4.78 is 3.82. The van der Waals surface area contributed by atoms with Crippen LogP contribution in [0.5, 0.6) is 0 Å². The molecular weight excluding hydrogens is 292 g/mol. The highest BCUT2D eigenvalue weighted by Gasteiger charge is 2.31. The first kappa shape index (κ1) is 15.7. The smallest absolute Gasteiger partial charge is 0.227 e. The largest absolute Gasteiger partial charge is 0.336 e. The molecule has 2 aromatic rings. The molecule has 0 saturated carbocycles. The molecular formula is C16H24N6O. The number of nitrogens with zero attached hydrogens (tertiary/aromatic N) is 5. The first-order valence-electron chi connectivity index (χ1n) is 7.95. The number of carbonyl (C=O) groups is 1. The van der Waals surface area contributed by atoms with Crippen LogP contribution in [-0.2, 0) is 25.3 Å². The van der Waals surface area contributed by atoms with Crippen LogP contribution in [0.3, 0.4) is 0 Å². The number of carbonyl (C=O) groups excluding carboxylic acids is 1. The Morgan fingerprint density at radius 3 is 2.78 bits per heavy atom. The summed E-state index contributed by atoms with van der Waals surface area (Å²) >= 11 is 0. The number of rotatable bonds is 3. The fourth-order valence-electron chi connectivity index (χ4n) is 3.26. The number of hydrogen-bond acceptors (Lipinski definition) is 4. The second-order valence-electron chi connectivity index (χ2n) is 6.15. The third kappa shape index (κ3) is 2.88. The van der Waals surface area contributed by atoms with Crippen LogP contribution in [0.25, 0.3) is 0 Å². The molecule has 0 aromatic carbocycles. The fourth-order valence-corrected chi connectivity index (χ4v) is 3.26. The van der Waals surface area contributed by atoms with Crippen molar-refractivity contribution in [1.29, 1.82) is 0 Å². The van der Waals surface area contributed by atoms with E-state index in [1.807, 2.05) is 48.3 Å². The van der Waals surface area contributed by atoms with E-state index in [4.69, 9.17) is 0 Å². The van der Waals surface area contributed by atoms with Gasteiger partial charge in [-0.15, -0.1) is 0 Å². The van der Waals surface area contributed by atoms with Crippen LogP contribution in [0.4, 0.5) is 0 Å². The maximum atomic E-state index is 12.9. The summed E-state index contributed by atoms with van der Waals surface area (Å²) in [6, 6.07) is -0.0199. The molecule has 23 heavy (non-hydrogen) atoms. The van der Waals surface area contributed by atoms with E-state index in [0.29, 0.717) is 13.0 Å². The van der Waals surface area contributed by atoms with Gasteiger partial charge in [0.25, 0.3) is 0 Å². The summed E-state index contributed by atoms with van der Waals surface area (Å²) in [5.74, 6) is 1.06. The molecule has 2 aromatic heterocycles. The molecule has 1 fully saturated rings. The summed E-state index contributed by atoms with van der Waals surface area (Å²) in [5.41, 5.74) is 3.02. The summed E-state index contributed by atoms with van der Waals surface area (Å²) in [7, 11) is 3.88. The lowest BCUT2D eigenvalue weighted by Gasteiger charge is -2.36. The molecule has 124 valence electrons. The zero-order valence-electron chi connectivity index (χ0n) is 14.2. The highest BCUT2D eigenvalue weighted by atomic mass is 16.2. The van der Waals surface area contributed by atoms with Crippen LogP contribution >= 0.6 is 0 Å². The molecule has 3 rings (SSSR count). The SMILES string of the molecule is Cc1nn(C)c(C)c1CC(=O)N1CCNCC1c1nccn1C. The second kappa shape index (κ2) is 6.16. The predicted octanol–water partition coefficient (Wildman–Crippen LogP) is 0.486. The Kier molecular flexibility index (Phi) is 4.21. The molecule has 7 heteroatoms. The van der Waals surface area contributed by atoms with Gasteiger partial charge in [-0.05, 0) is 13.8 Å². The van der Waals surface area contributed by atoms with Crippen LogP contribution in [0.1, 0.15) is 28.8 Å². The fraction of sp³-hybridized carbons (Fsp3) is 0.562. The Labute approximate surface area is 136 Å². The summed E-state index contributed by atoms with van der Waals surface area (Å²) in [5, 5.41) is 7.77. The lowest BCUT2D eigenvalue weighted by Crippen LogP contribution is -2.50. The molecule has 3 heterocycles. The van der Waals surface area contributed by atoms with Crippen molar-refractivity contribution in [3.63, 3.8) is 0 Å². The first-order chi connectivity index (χ1) is 11.0. The van der Waals surface area contributed by atoms with E-state index >= 15 is 0 Å². The summed E-state index contributed by atoms with van der Waals surface area (Å²) in [6.45, 7) is 6.23. The summed E-state index contributed by atoms with van der Waals surface area (Å²) in [4.78, 5) is 19.3. The number of piperazine rings is 1. The Morgan fingerprint density at radius 1 is 1.39 bits per heavy atom. The van der Waals surface area contributed by atoms with Crippen molar-refractivity contribution in [2.45, 2.75) is 26.3 Å². The van der Waals surface area contributed by atoms with E-state index in [1.54, 1.807) is 6.20 Å². The second-order valence-corrected chi connectivity index (χ2v) is 6.15. The molecule has 1 N–H and O–H groups in total. The van der Waals surface area contributed by atoms with Crippen molar-refractivity contribution in [2.75, 3.05) is 19.6 Å². The highest BCUT2D eigenvalue weighted by Crippen LogP contribution is 2.22. The Bertz CT molecular complexity index is 716. The van der Waals surface area contributed by atoms with E-state index < -0.39 is 0 Å². The number of aryl methyl sites for hydroxylation is 3. The van der Waals surface area contributed by atoms with Crippen molar-refractivity contribution in [1.82, 2.24) is 29.5 Å². The number of hydrogen-bond donors (Lipinski definition) is 1. The van der Waals surface area contributed by atoms with Crippen molar-refractivity contribution in [3.05, 3.63) is 35.2 Å². The van der Waals surface area contributed by atoms with Crippen molar-refractivity contribution < 1.29 is 4.79 Å². The average molecular weight is 316 g/mol. The van der Waals surface area contributed by atoms with Gasteiger partial charge in [0.2, 0.25) is 5.91 Å². The van der Waals surface area contributed by atoms with Gasteiger partial charge in [-0.25, -0.2) is 4.98 Å². The zero-order valence-corrected chi connectivity index (χ0v) is 14.2. The minimum Gasteiger partial charge on any atom is -0.336 e. The van der Waals surface area contributed by atoms with Crippen molar-refractivity contribution in [2.24, 2.45) is 14.1 Å². The van der Waals surface area contributed by atoms with E-state index in [0.717, 1.165) is 35.9 Å². The normalized spacial score (nSPS) is 18.4. The third-order valence-corrected chi connectivity index (χ3v) is 4.71. The maximum Gasteiger partial charge on any atom is 0.227 e. The van der Waals surface area contributed by atoms with Gasteiger partial charge in [0, 0.05) is 57.4 Å². The van der Waals surface area contributed by atoms with Crippen LogP contribution < -0.4 is 5.32 Å². The Hall–Kier alpha value is -2.15. The molecule has 1 aliphatic rings. The third-order valence-electron chi connectivity index (χ3n) is 4.71. The molecule has 0 aliphatic carbocycles. The predicted molar refractivity (Wildman–Crippen MR) is 86.9 cm³/mol. The van der Waals surface area contributed by atoms with Gasteiger partial charge >= 0.3 is 0 Å². The Morgan fingerprint density at radius 2 is 2.17 bits per heavy atom. The van der Waals surface area contributed by atoms with Crippen molar-refractivity contribution in [3.8, 4) is 0 Å². The quantitative estimate of drug-likeness (QED) is 0.895. The average Bonchev–Trinajstić information content (AvgIpc) is 3.06. The van der Waals surface area contributed by atoms with Crippen LogP contribution in [0.2, 0.25) is 0 Å². The lowest BCUT2D eigenvalue weighted by atomic mass is 10.1. The van der Waals surface area contributed by atoms with E-state index in [2.05, 4.69) is 15.4 Å². The number of imidazole rings is 1. The topological polar surface area (TPSA) is 68.0 Å². The van der Waals surface area contributed by atoms with Gasteiger partial charge in [0.05, 0.1) is 12.1 Å². The monoisotopic (exact) mass is 316 g/mol. The van der Waals surface area contributed by atoms with E-state index in [-0.39, 0.29) is 11.9 Å². The zero-order chi connectivity index (χ0) is 16.6. The molecule has 0 bridgehead atoms.